The first-order valence-electron chi connectivity index (χ1n) is 8.95. The molecule has 3 rings (SSSR count). The highest BCUT2D eigenvalue weighted by Crippen LogP contribution is 2.21. The Balaban J connectivity index is 1.94. The molecule has 4 heteroatoms. The minimum Gasteiger partial charge on any atom is -0.422 e. The van der Waals surface area contributed by atoms with Crippen molar-refractivity contribution in [2.75, 3.05) is 0 Å². The monoisotopic (exact) mass is 361 g/mol. The fourth-order valence-electron chi connectivity index (χ4n) is 3.26. The van der Waals surface area contributed by atoms with E-state index in [0.717, 1.165) is 27.6 Å². The summed E-state index contributed by atoms with van der Waals surface area (Å²) < 4.78 is 5.46. The zero-order valence-corrected chi connectivity index (χ0v) is 15.8. The van der Waals surface area contributed by atoms with Crippen LogP contribution in [0.3, 0.4) is 0 Å². The maximum absolute atomic E-state index is 12.7. The van der Waals surface area contributed by atoms with Crippen LogP contribution in [0, 0.1) is 13.8 Å². The minimum absolute atomic E-state index is 0.00964. The Morgan fingerprint density at radius 1 is 1.22 bits per heavy atom. The number of benzene rings is 2. The quantitative estimate of drug-likeness (QED) is 0.532. The summed E-state index contributed by atoms with van der Waals surface area (Å²) in [5.74, 6) is -0.437. The molecule has 0 saturated carbocycles. The van der Waals surface area contributed by atoms with Crippen molar-refractivity contribution < 1.29 is 9.21 Å². The Bertz CT molecular complexity index is 1080. The molecule has 0 spiro atoms. The molecule has 0 aliphatic rings. The number of amides is 1. The number of fused-ring (bicyclic) bond motifs is 1. The van der Waals surface area contributed by atoms with E-state index in [0.29, 0.717) is 12.0 Å². The molecule has 1 N–H and O–H groups in total. The van der Waals surface area contributed by atoms with Gasteiger partial charge in [0.15, 0.2) is 0 Å². The third-order valence-electron chi connectivity index (χ3n) is 4.70. The second-order valence-corrected chi connectivity index (χ2v) is 6.83. The van der Waals surface area contributed by atoms with Crippen molar-refractivity contribution in [1.82, 2.24) is 5.32 Å². The lowest BCUT2D eigenvalue weighted by atomic mass is 9.99. The number of carbonyl (C=O) groups is 1. The average Bonchev–Trinajstić information content (AvgIpc) is 2.63. The number of carbonyl (C=O) groups excluding carboxylic acids is 1. The van der Waals surface area contributed by atoms with Gasteiger partial charge in [0, 0.05) is 5.39 Å². The molecule has 0 aliphatic heterocycles. The van der Waals surface area contributed by atoms with Gasteiger partial charge in [0.25, 0.3) is 5.91 Å². The highest BCUT2D eigenvalue weighted by molar-refractivity contribution is 5.97. The van der Waals surface area contributed by atoms with E-state index in [1.807, 2.05) is 57.2 Å². The number of nitrogens with one attached hydrogen (secondary N) is 1. The zero-order chi connectivity index (χ0) is 19.6. The SMILES string of the molecule is C=CCc1cccc2cc(C(=O)N[C@H](C)c3cc(C)ccc3C)c(=O)oc12. The Kier molecular flexibility index (Phi) is 5.26. The molecule has 0 fully saturated rings. The van der Waals surface area contributed by atoms with Crippen molar-refractivity contribution in [2.24, 2.45) is 0 Å². The maximum atomic E-state index is 12.7. The summed E-state index contributed by atoms with van der Waals surface area (Å²) in [6.45, 7) is 9.64. The number of allylic oxidation sites excluding steroid dienone is 1. The lowest BCUT2D eigenvalue weighted by molar-refractivity contribution is 0.0936. The fourth-order valence-corrected chi connectivity index (χ4v) is 3.26. The van der Waals surface area contributed by atoms with Gasteiger partial charge in [-0.15, -0.1) is 6.58 Å². The Morgan fingerprint density at radius 3 is 2.74 bits per heavy atom. The molecule has 0 saturated heterocycles. The van der Waals surface area contributed by atoms with Crippen molar-refractivity contribution in [3.05, 3.63) is 93.4 Å². The van der Waals surface area contributed by atoms with Crippen LogP contribution in [0.1, 0.15) is 45.6 Å². The molecule has 1 aromatic heterocycles. The van der Waals surface area contributed by atoms with Gasteiger partial charge in [0.05, 0.1) is 6.04 Å². The minimum atomic E-state index is -0.635. The molecule has 0 unspecified atom stereocenters. The first kappa shape index (κ1) is 18.6. The van der Waals surface area contributed by atoms with Gasteiger partial charge in [-0.2, -0.15) is 0 Å². The van der Waals surface area contributed by atoms with Gasteiger partial charge in [-0.05, 0) is 49.9 Å². The highest BCUT2D eigenvalue weighted by Gasteiger charge is 2.18. The maximum Gasteiger partial charge on any atom is 0.349 e. The van der Waals surface area contributed by atoms with E-state index in [4.69, 9.17) is 4.42 Å². The lowest BCUT2D eigenvalue weighted by Crippen LogP contribution is -2.31. The topological polar surface area (TPSA) is 59.3 Å². The third-order valence-corrected chi connectivity index (χ3v) is 4.70. The molecule has 2 aromatic carbocycles. The molecule has 4 nitrogen and oxygen atoms in total. The van der Waals surface area contributed by atoms with Crippen molar-refractivity contribution in [1.29, 1.82) is 0 Å². The molecule has 1 amide bonds. The van der Waals surface area contributed by atoms with Gasteiger partial charge in [-0.3, -0.25) is 4.79 Å². The lowest BCUT2D eigenvalue weighted by Gasteiger charge is -2.17. The zero-order valence-electron chi connectivity index (χ0n) is 15.8. The summed E-state index contributed by atoms with van der Waals surface area (Å²) in [5.41, 5.74) is 3.99. The summed E-state index contributed by atoms with van der Waals surface area (Å²) in [7, 11) is 0. The standard InChI is InChI=1S/C23H23NO3/c1-5-7-17-8-6-9-18-13-20(23(26)27-21(17)18)22(25)24-16(4)19-12-14(2)10-11-15(19)3/h5-6,8-13,16H,1,7H2,2-4H3,(H,24,25)/t16-/m1/s1. The molecule has 1 atom stereocenters. The summed E-state index contributed by atoms with van der Waals surface area (Å²) in [6, 6.07) is 13.1. The van der Waals surface area contributed by atoms with Crippen LogP contribution in [0.25, 0.3) is 11.0 Å². The fraction of sp³-hybridized carbons (Fsp3) is 0.217. The first-order valence-corrected chi connectivity index (χ1v) is 8.95. The molecule has 1 heterocycles. The van der Waals surface area contributed by atoms with Gasteiger partial charge in [-0.1, -0.05) is 48.0 Å². The van der Waals surface area contributed by atoms with Gasteiger partial charge in [0.2, 0.25) is 0 Å². The molecule has 3 aromatic rings. The predicted molar refractivity (Wildman–Crippen MR) is 108 cm³/mol. The number of para-hydroxylation sites is 1. The smallest absolute Gasteiger partial charge is 0.349 e. The van der Waals surface area contributed by atoms with E-state index in [2.05, 4.69) is 11.9 Å². The van der Waals surface area contributed by atoms with E-state index in [-0.39, 0.29) is 11.6 Å². The first-order chi connectivity index (χ1) is 12.9. The summed E-state index contributed by atoms with van der Waals surface area (Å²) in [6.07, 6.45) is 2.34. The van der Waals surface area contributed by atoms with Crippen LogP contribution in [-0.4, -0.2) is 5.91 Å². The molecule has 0 radical (unpaired) electrons. The third kappa shape index (κ3) is 3.85. The molecular weight excluding hydrogens is 338 g/mol. The van der Waals surface area contributed by atoms with Crippen molar-refractivity contribution in [3.8, 4) is 0 Å². The number of rotatable bonds is 5. The van der Waals surface area contributed by atoms with E-state index in [1.165, 1.54) is 0 Å². The molecule has 138 valence electrons. The molecule has 27 heavy (non-hydrogen) atoms. The van der Waals surface area contributed by atoms with Crippen LogP contribution in [-0.2, 0) is 6.42 Å². The predicted octanol–water partition coefficient (Wildman–Crippen LogP) is 4.63. The van der Waals surface area contributed by atoms with E-state index in [9.17, 15) is 9.59 Å². The van der Waals surface area contributed by atoms with Crippen molar-refractivity contribution >= 4 is 16.9 Å². The number of hydrogen-bond acceptors (Lipinski definition) is 3. The van der Waals surface area contributed by atoms with Crippen LogP contribution >= 0.6 is 0 Å². The average molecular weight is 361 g/mol. The van der Waals surface area contributed by atoms with E-state index in [1.54, 1.807) is 12.1 Å². The van der Waals surface area contributed by atoms with Crippen LogP contribution in [0.2, 0.25) is 0 Å². The second kappa shape index (κ2) is 7.62. The van der Waals surface area contributed by atoms with Crippen LogP contribution in [0.15, 0.2) is 64.3 Å². The van der Waals surface area contributed by atoms with Gasteiger partial charge in [0.1, 0.15) is 11.1 Å². The molecule has 0 aliphatic carbocycles. The summed E-state index contributed by atoms with van der Waals surface area (Å²) in [5, 5.41) is 3.63. The highest BCUT2D eigenvalue weighted by atomic mass is 16.4. The molecule has 0 bridgehead atoms. The van der Waals surface area contributed by atoms with Crippen LogP contribution < -0.4 is 10.9 Å². The van der Waals surface area contributed by atoms with Gasteiger partial charge in [-0.25, -0.2) is 4.79 Å². The van der Waals surface area contributed by atoms with Crippen LogP contribution in [0.5, 0.6) is 0 Å². The van der Waals surface area contributed by atoms with Gasteiger partial charge < -0.3 is 9.73 Å². The number of aryl methyl sites for hydroxylation is 2. The summed E-state index contributed by atoms with van der Waals surface area (Å²) >= 11 is 0. The normalized spacial score (nSPS) is 12.0. The second-order valence-electron chi connectivity index (χ2n) is 6.83. The van der Waals surface area contributed by atoms with Crippen molar-refractivity contribution in [3.63, 3.8) is 0 Å². The summed E-state index contributed by atoms with van der Waals surface area (Å²) in [4.78, 5) is 25.1. The number of hydrogen-bond donors (Lipinski definition) is 1. The Hall–Kier alpha value is -3.14. The Morgan fingerprint density at radius 2 is 2.00 bits per heavy atom. The van der Waals surface area contributed by atoms with E-state index >= 15 is 0 Å². The van der Waals surface area contributed by atoms with Crippen molar-refractivity contribution in [2.45, 2.75) is 33.2 Å². The molecular formula is C23H23NO3. The van der Waals surface area contributed by atoms with Gasteiger partial charge >= 0.3 is 5.63 Å². The van der Waals surface area contributed by atoms with Crippen LogP contribution in [0.4, 0.5) is 0 Å². The van der Waals surface area contributed by atoms with E-state index < -0.39 is 11.5 Å². The largest absolute Gasteiger partial charge is 0.422 e. The Labute approximate surface area is 158 Å².